The maximum absolute atomic E-state index is 10.2. The van der Waals surface area contributed by atoms with Crippen molar-refractivity contribution in [3.63, 3.8) is 0 Å². The van der Waals surface area contributed by atoms with Crippen molar-refractivity contribution in [2.45, 2.75) is 49.1 Å². The Morgan fingerprint density at radius 3 is 2.73 bits per heavy atom. The van der Waals surface area contributed by atoms with Gasteiger partial charge in [-0.2, -0.15) is 0 Å². The van der Waals surface area contributed by atoms with Crippen LogP contribution < -0.4 is 16.4 Å². The average molecular weight is 316 g/mol. The molecule has 22 heavy (non-hydrogen) atoms. The lowest BCUT2D eigenvalue weighted by Crippen LogP contribution is -2.59. The number of nitrogens with zero attached hydrogens (tertiary/aromatic N) is 1. The van der Waals surface area contributed by atoms with E-state index >= 15 is 0 Å². The zero-order chi connectivity index (χ0) is 16.3. The fraction of sp³-hybridized carbons (Fsp3) is 0.769. The molecule has 0 amide bonds. The summed E-state index contributed by atoms with van der Waals surface area (Å²) in [6.45, 7) is -0.470. The van der Waals surface area contributed by atoms with Gasteiger partial charge in [0, 0.05) is 12.6 Å². The lowest BCUT2D eigenvalue weighted by atomic mass is 10.0. The van der Waals surface area contributed by atoms with E-state index in [0.29, 0.717) is 5.84 Å². The minimum absolute atomic E-state index is 0.0699. The number of aliphatic hydroxyl groups excluding tert-OH is 4. The summed E-state index contributed by atoms with van der Waals surface area (Å²) in [5.74, 6) is 0.393. The number of hydrogen-bond acceptors (Lipinski definition) is 9. The van der Waals surface area contributed by atoms with Crippen molar-refractivity contribution in [2.75, 3.05) is 13.7 Å². The Hall–Kier alpha value is -1.07. The quantitative estimate of drug-likeness (QED) is 0.283. The highest BCUT2D eigenvalue weighted by atomic mass is 16.5. The van der Waals surface area contributed by atoms with Crippen LogP contribution in [0.5, 0.6) is 0 Å². The second-order valence-electron chi connectivity index (χ2n) is 5.49. The number of rotatable bonds is 4. The monoisotopic (exact) mass is 316 g/mol. The third kappa shape index (κ3) is 3.63. The van der Waals surface area contributed by atoms with Gasteiger partial charge >= 0.3 is 0 Å². The first kappa shape index (κ1) is 17.3. The van der Waals surface area contributed by atoms with Gasteiger partial charge < -0.3 is 36.2 Å². The van der Waals surface area contributed by atoms with Gasteiger partial charge in [0.05, 0.1) is 30.9 Å². The first-order valence-electron chi connectivity index (χ1n) is 7.21. The molecule has 126 valence electrons. The van der Waals surface area contributed by atoms with Crippen LogP contribution in [-0.2, 0) is 4.74 Å². The lowest BCUT2D eigenvalue weighted by Gasteiger charge is -2.33. The molecule has 0 bridgehead atoms. The lowest BCUT2D eigenvalue weighted by molar-refractivity contribution is -0.132. The normalized spacial score (nSPS) is 42.8. The summed E-state index contributed by atoms with van der Waals surface area (Å²) >= 11 is 0. The van der Waals surface area contributed by atoms with E-state index in [9.17, 15) is 20.4 Å². The van der Waals surface area contributed by atoms with Crippen LogP contribution >= 0.6 is 0 Å². The summed E-state index contributed by atoms with van der Waals surface area (Å²) in [6, 6.07) is -0.583. The van der Waals surface area contributed by atoms with E-state index in [1.807, 2.05) is 0 Å². The number of nitrogens with one attached hydrogen (secondary N) is 2. The Balaban J connectivity index is 2.10. The van der Waals surface area contributed by atoms with Crippen LogP contribution in [0.15, 0.2) is 17.3 Å². The molecule has 7 atom stereocenters. The SMILES string of the molecule is CNC1C(N)=NC=CC1NC1O[C@H](CO)[C@@H](O)[C@H](O)C[C@H]1O. The van der Waals surface area contributed by atoms with Gasteiger partial charge in [0.1, 0.15) is 24.3 Å². The number of aliphatic imine (C=N–C) groups is 1. The van der Waals surface area contributed by atoms with Gasteiger partial charge in [-0.25, -0.2) is 4.99 Å². The molecule has 0 saturated carbocycles. The molecule has 0 aliphatic carbocycles. The van der Waals surface area contributed by atoms with Crippen molar-refractivity contribution in [1.82, 2.24) is 10.6 Å². The maximum atomic E-state index is 10.2. The van der Waals surface area contributed by atoms with Crippen molar-refractivity contribution >= 4 is 5.84 Å². The molecular formula is C13H24N4O5. The topological polar surface area (TPSA) is 153 Å². The molecule has 9 nitrogen and oxygen atoms in total. The van der Waals surface area contributed by atoms with Crippen LogP contribution in [0.3, 0.4) is 0 Å². The zero-order valence-corrected chi connectivity index (χ0v) is 12.3. The summed E-state index contributed by atoms with van der Waals surface area (Å²) in [6.07, 6.45) is -2.10. The molecule has 0 spiro atoms. The summed E-state index contributed by atoms with van der Waals surface area (Å²) < 4.78 is 5.52. The van der Waals surface area contributed by atoms with Gasteiger partial charge in [-0.1, -0.05) is 0 Å². The number of likely N-dealkylation sites (N-methyl/N-ethyl adjacent to an activating group) is 1. The van der Waals surface area contributed by atoms with Crippen LogP contribution in [0.4, 0.5) is 0 Å². The van der Waals surface area contributed by atoms with E-state index < -0.39 is 37.3 Å². The van der Waals surface area contributed by atoms with Crippen molar-refractivity contribution in [1.29, 1.82) is 0 Å². The van der Waals surface area contributed by atoms with Crippen molar-refractivity contribution in [3.05, 3.63) is 12.3 Å². The molecular weight excluding hydrogens is 292 g/mol. The minimum Gasteiger partial charge on any atom is -0.394 e. The summed E-state index contributed by atoms with van der Waals surface area (Å²) in [7, 11) is 1.73. The van der Waals surface area contributed by atoms with Gasteiger partial charge in [-0.15, -0.1) is 0 Å². The summed E-state index contributed by atoms with van der Waals surface area (Å²) in [4.78, 5) is 4.01. The molecule has 0 aromatic carbocycles. The minimum atomic E-state index is -1.26. The van der Waals surface area contributed by atoms with Crippen LogP contribution in [0.1, 0.15) is 6.42 Å². The first-order chi connectivity index (χ1) is 10.5. The molecule has 9 heteroatoms. The molecule has 3 unspecified atom stereocenters. The molecule has 2 aliphatic heterocycles. The highest BCUT2D eigenvalue weighted by Gasteiger charge is 2.39. The van der Waals surface area contributed by atoms with E-state index in [1.165, 1.54) is 0 Å². The van der Waals surface area contributed by atoms with Crippen molar-refractivity contribution in [2.24, 2.45) is 10.7 Å². The van der Waals surface area contributed by atoms with Gasteiger partial charge in [0.25, 0.3) is 0 Å². The average Bonchev–Trinajstić information content (AvgIpc) is 2.59. The van der Waals surface area contributed by atoms with E-state index in [-0.39, 0.29) is 18.5 Å². The number of hydrogen-bond donors (Lipinski definition) is 7. The second-order valence-corrected chi connectivity index (χ2v) is 5.49. The predicted molar refractivity (Wildman–Crippen MR) is 78.9 cm³/mol. The molecule has 2 heterocycles. The molecule has 0 aromatic heterocycles. The van der Waals surface area contributed by atoms with E-state index in [0.717, 1.165) is 0 Å². The first-order valence-corrected chi connectivity index (χ1v) is 7.21. The number of ether oxygens (including phenoxy) is 1. The zero-order valence-electron chi connectivity index (χ0n) is 12.3. The number of amidine groups is 1. The third-order valence-electron chi connectivity index (χ3n) is 3.97. The fourth-order valence-corrected chi connectivity index (χ4v) is 2.69. The fourth-order valence-electron chi connectivity index (χ4n) is 2.69. The molecule has 2 aliphatic rings. The number of nitrogens with two attached hydrogens (primary N) is 1. The van der Waals surface area contributed by atoms with E-state index in [1.54, 1.807) is 19.3 Å². The molecule has 2 rings (SSSR count). The van der Waals surface area contributed by atoms with Gasteiger partial charge in [0.2, 0.25) is 0 Å². The van der Waals surface area contributed by atoms with E-state index in [2.05, 4.69) is 15.6 Å². The predicted octanol–water partition coefficient (Wildman–Crippen LogP) is -3.39. The molecule has 0 radical (unpaired) electrons. The summed E-state index contributed by atoms with van der Waals surface area (Å²) in [5.41, 5.74) is 5.82. The Labute approximate surface area is 128 Å². The molecule has 0 aromatic rings. The Kier molecular flexibility index (Phi) is 5.87. The van der Waals surface area contributed by atoms with Crippen molar-refractivity contribution in [3.8, 4) is 0 Å². The van der Waals surface area contributed by atoms with Crippen LogP contribution in [0, 0.1) is 0 Å². The Bertz CT molecular complexity index is 433. The maximum Gasteiger partial charge on any atom is 0.135 e. The largest absolute Gasteiger partial charge is 0.394 e. The third-order valence-corrected chi connectivity index (χ3v) is 3.97. The second kappa shape index (κ2) is 7.47. The van der Waals surface area contributed by atoms with Gasteiger partial charge in [-0.3, -0.25) is 5.32 Å². The number of aliphatic hydroxyl groups is 4. The molecule has 1 fully saturated rings. The Morgan fingerprint density at radius 1 is 1.36 bits per heavy atom. The van der Waals surface area contributed by atoms with Crippen LogP contribution in [0.25, 0.3) is 0 Å². The summed E-state index contributed by atoms with van der Waals surface area (Å²) in [5, 5.41) is 45.2. The van der Waals surface area contributed by atoms with Gasteiger partial charge in [-0.05, 0) is 13.1 Å². The highest BCUT2D eigenvalue weighted by molar-refractivity contribution is 5.88. The Morgan fingerprint density at radius 2 is 2.09 bits per heavy atom. The highest BCUT2D eigenvalue weighted by Crippen LogP contribution is 2.20. The van der Waals surface area contributed by atoms with Gasteiger partial charge in [0.15, 0.2) is 0 Å². The van der Waals surface area contributed by atoms with Crippen LogP contribution in [-0.4, -0.2) is 82.6 Å². The van der Waals surface area contributed by atoms with Crippen LogP contribution in [0.2, 0.25) is 0 Å². The smallest absolute Gasteiger partial charge is 0.135 e. The standard InChI is InChI=1S/C13H24N4O5/c1-15-10-6(2-3-16-12(10)14)17-13-8(20)4-7(19)11(21)9(5-18)22-13/h2-3,6-11,13,15,17-21H,4-5H2,1H3,(H2,14,16)/t6?,7-,8-,9-,10?,11+,13?/m1/s1. The molecule has 8 N–H and O–H groups in total. The van der Waals surface area contributed by atoms with E-state index in [4.69, 9.17) is 10.5 Å². The van der Waals surface area contributed by atoms with Crippen molar-refractivity contribution < 1.29 is 25.2 Å². The molecule has 1 saturated heterocycles.